The molecule has 7 heteroatoms. The van der Waals surface area contributed by atoms with Gasteiger partial charge in [-0.3, -0.25) is 0 Å². The molecule has 0 aliphatic rings. The van der Waals surface area contributed by atoms with Crippen molar-refractivity contribution in [2.45, 2.75) is 39.5 Å². The largest absolute Gasteiger partial charge is 0.478 e. The van der Waals surface area contributed by atoms with Gasteiger partial charge < -0.3 is 9.84 Å². The topological polar surface area (TPSA) is 63.6 Å². The first-order valence-corrected chi connectivity index (χ1v) is 8.71. The Kier molecular flexibility index (Phi) is 34.8. The van der Waals surface area contributed by atoms with E-state index in [9.17, 15) is 9.59 Å². The number of unbranched alkanes of at least 4 members (excludes halogenated alkanes) is 1. The summed E-state index contributed by atoms with van der Waals surface area (Å²) in [5, 5.41) is 7.60. The molecule has 0 amide bonds. The number of esters is 1. The third-order valence-electron chi connectivity index (χ3n) is 2.35. The van der Waals surface area contributed by atoms with Crippen LogP contribution in [0, 0.1) is 5.92 Å². The lowest BCUT2D eigenvalue weighted by Crippen LogP contribution is -2.12. The van der Waals surface area contributed by atoms with Gasteiger partial charge >= 0.3 is 11.9 Å². The molecule has 0 aromatic carbocycles. The Hall–Kier alpha value is -1.23. The standard InChI is InChI=1S/C11H20O2.C3H4O2.C2H2Cl2.C2H3Cl/c1-4-7-8-10(5-2)9-13-11(12)6-3;1-2-3(4)5;1-2(3)4;1-2-3/h6,10H,3-5,7-9H2,1-2H3;2H,1H2,(H,4,5);1H2;2H,1H2. The average Bonchev–Trinajstić information content (AvgIpc) is 2.55. The maximum absolute atomic E-state index is 10.8. The molecule has 25 heavy (non-hydrogen) atoms. The van der Waals surface area contributed by atoms with E-state index in [1.807, 2.05) is 0 Å². The number of carbonyl (C=O) groups excluding carboxylic acids is 1. The molecular formula is C18H29Cl3O4. The highest BCUT2D eigenvalue weighted by molar-refractivity contribution is 6.55. The van der Waals surface area contributed by atoms with Gasteiger partial charge in [-0.2, -0.15) is 0 Å². The number of aliphatic carboxylic acids is 1. The lowest BCUT2D eigenvalue weighted by Gasteiger charge is -2.13. The Morgan fingerprint density at radius 1 is 1.16 bits per heavy atom. The van der Waals surface area contributed by atoms with Gasteiger partial charge in [-0.05, 0) is 17.9 Å². The van der Waals surface area contributed by atoms with Crippen molar-refractivity contribution in [1.29, 1.82) is 0 Å². The summed E-state index contributed by atoms with van der Waals surface area (Å²) in [5.74, 6) is -0.774. The minimum atomic E-state index is -0.981. The highest BCUT2D eigenvalue weighted by atomic mass is 35.5. The number of hydrogen-bond donors (Lipinski definition) is 1. The Balaban J connectivity index is -0.000000151. The van der Waals surface area contributed by atoms with E-state index < -0.39 is 5.97 Å². The Labute approximate surface area is 166 Å². The Bertz CT molecular complexity index is 379. The molecule has 0 aliphatic heterocycles. The van der Waals surface area contributed by atoms with Gasteiger partial charge in [0.15, 0.2) is 0 Å². The van der Waals surface area contributed by atoms with Crippen molar-refractivity contribution in [2.75, 3.05) is 6.61 Å². The maximum Gasteiger partial charge on any atom is 0.330 e. The normalized spacial score (nSPS) is 9.16. The molecule has 1 atom stereocenters. The van der Waals surface area contributed by atoms with Gasteiger partial charge in [-0.1, -0.05) is 94.2 Å². The van der Waals surface area contributed by atoms with Crippen molar-refractivity contribution in [2.24, 2.45) is 5.92 Å². The molecule has 0 aromatic heterocycles. The van der Waals surface area contributed by atoms with Gasteiger partial charge in [-0.15, -0.1) is 0 Å². The number of halogens is 3. The Morgan fingerprint density at radius 2 is 1.56 bits per heavy atom. The van der Waals surface area contributed by atoms with E-state index in [0.29, 0.717) is 12.5 Å². The first kappa shape index (κ1) is 31.5. The number of carboxylic acid groups (broad SMARTS) is 1. The lowest BCUT2D eigenvalue weighted by atomic mass is 10.0. The molecule has 0 radical (unpaired) electrons. The van der Waals surface area contributed by atoms with Crippen LogP contribution in [0.1, 0.15) is 39.5 Å². The molecule has 1 unspecified atom stereocenters. The first-order chi connectivity index (χ1) is 11.7. The summed E-state index contributed by atoms with van der Waals surface area (Å²) in [6, 6.07) is 0. The number of ether oxygens (including phenoxy) is 1. The van der Waals surface area contributed by atoms with E-state index in [1.165, 1.54) is 24.5 Å². The fourth-order valence-electron chi connectivity index (χ4n) is 1.16. The van der Waals surface area contributed by atoms with Crippen molar-refractivity contribution in [3.8, 4) is 0 Å². The summed E-state index contributed by atoms with van der Waals surface area (Å²) in [5.41, 5.74) is 1.22. The van der Waals surface area contributed by atoms with Crippen LogP contribution in [-0.2, 0) is 14.3 Å². The third-order valence-corrected chi connectivity index (χ3v) is 2.35. The van der Waals surface area contributed by atoms with Gasteiger partial charge in [0.2, 0.25) is 0 Å². The van der Waals surface area contributed by atoms with Crippen molar-refractivity contribution in [1.82, 2.24) is 0 Å². The molecule has 0 heterocycles. The van der Waals surface area contributed by atoms with E-state index >= 15 is 0 Å². The first-order valence-electron chi connectivity index (χ1n) is 7.52. The predicted octanol–water partition coefficient (Wildman–Crippen LogP) is 6.49. The second-order valence-electron chi connectivity index (χ2n) is 4.29. The average molecular weight is 416 g/mol. The minimum absolute atomic E-state index is 0.111. The fraction of sp³-hybridized carbons (Fsp3) is 0.444. The van der Waals surface area contributed by atoms with E-state index in [4.69, 9.17) is 44.6 Å². The van der Waals surface area contributed by atoms with Gasteiger partial charge in [0, 0.05) is 12.2 Å². The molecule has 4 nitrogen and oxygen atoms in total. The van der Waals surface area contributed by atoms with Crippen LogP contribution < -0.4 is 0 Å². The molecule has 0 bridgehead atoms. The van der Waals surface area contributed by atoms with Crippen molar-refractivity contribution in [3.05, 3.63) is 48.5 Å². The Morgan fingerprint density at radius 3 is 1.80 bits per heavy atom. The van der Waals surface area contributed by atoms with Crippen molar-refractivity contribution in [3.63, 3.8) is 0 Å². The SMILES string of the molecule is C=C(Cl)Cl.C=CC(=O)O.C=CC(=O)OCC(CC)CCCC.C=CCl. The summed E-state index contributed by atoms with van der Waals surface area (Å²) >= 11 is 14.5. The zero-order valence-corrected chi connectivity index (χ0v) is 17.2. The van der Waals surface area contributed by atoms with Crippen LogP contribution in [-0.4, -0.2) is 23.7 Å². The quantitative estimate of drug-likeness (QED) is 0.363. The van der Waals surface area contributed by atoms with Gasteiger partial charge in [0.05, 0.1) is 11.1 Å². The number of rotatable bonds is 8. The highest BCUT2D eigenvalue weighted by Gasteiger charge is 2.07. The molecular weight excluding hydrogens is 387 g/mol. The molecule has 0 saturated heterocycles. The molecule has 0 spiro atoms. The third kappa shape index (κ3) is 51.8. The van der Waals surface area contributed by atoms with E-state index in [-0.39, 0.29) is 10.5 Å². The predicted molar refractivity (Wildman–Crippen MR) is 109 cm³/mol. The molecule has 0 aromatic rings. The minimum Gasteiger partial charge on any atom is -0.478 e. The summed E-state index contributed by atoms with van der Waals surface area (Å²) in [7, 11) is 0. The number of hydrogen-bond acceptors (Lipinski definition) is 3. The lowest BCUT2D eigenvalue weighted by molar-refractivity contribution is -0.139. The molecule has 0 saturated carbocycles. The summed E-state index contributed by atoms with van der Waals surface area (Å²) in [4.78, 5) is 20.0. The van der Waals surface area contributed by atoms with E-state index in [1.54, 1.807) is 0 Å². The van der Waals surface area contributed by atoms with Crippen molar-refractivity contribution >= 4 is 46.7 Å². The number of carbonyl (C=O) groups is 2. The monoisotopic (exact) mass is 414 g/mol. The van der Waals surface area contributed by atoms with Crippen LogP contribution in [0.2, 0.25) is 0 Å². The van der Waals surface area contributed by atoms with E-state index in [0.717, 1.165) is 18.9 Å². The van der Waals surface area contributed by atoms with Gasteiger partial charge in [-0.25, -0.2) is 9.59 Å². The molecule has 1 N–H and O–H groups in total. The zero-order valence-electron chi connectivity index (χ0n) is 15.0. The summed E-state index contributed by atoms with van der Waals surface area (Å²) in [6.07, 6.45) is 6.68. The number of carboxylic acids is 1. The molecule has 0 fully saturated rings. The van der Waals surface area contributed by atoms with Crippen LogP contribution >= 0.6 is 34.8 Å². The second-order valence-corrected chi connectivity index (χ2v) is 5.70. The fourth-order valence-corrected chi connectivity index (χ4v) is 1.16. The summed E-state index contributed by atoms with van der Waals surface area (Å²) in [6.45, 7) is 17.4. The smallest absolute Gasteiger partial charge is 0.330 e. The van der Waals surface area contributed by atoms with Crippen LogP contribution in [0.5, 0.6) is 0 Å². The molecule has 0 aliphatic carbocycles. The van der Waals surface area contributed by atoms with Crippen LogP contribution in [0.4, 0.5) is 0 Å². The second kappa shape index (κ2) is 27.6. The van der Waals surface area contributed by atoms with Crippen LogP contribution in [0.15, 0.2) is 48.5 Å². The van der Waals surface area contributed by atoms with Crippen LogP contribution in [0.25, 0.3) is 0 Å². The summed E-state index contributed by atoms with van der Waals surface area (Å²) < 4.78 is 5.10. The highest BCUT2D eigenvalue weighted by Crippen LogP contribution is 2.12. The molecule has 146 valence electrons. The molecule has 0 rings (SSSR count). The zero-order chi connectivity index (χ0) is 20.7. The van der Waals surface area contributed by atoms with E-state index in [2.05, 4.69) is 40.2 Å². The van der Waals surface area contributed by atoms with Gasteiger partial charge in [0.1, 0.15) is 0 Å². The van der Waals surface area contributed by atoms with Gasteiger partial charge in [0.25, 0.3) is 0 Å². The van der Waals surface area contributed by atoms with Crippen molar-refractivity contribution < 1.29 is 19.4 Å². The maximum atomic E-state index is 10.8. The van der Waals surface area contributed by atoms with Crippen LogP contribution in [0.3, 0.4) is 0 Å².